The summed E-state index contributed by atoms with van der Waals surface area (Å²) in [4.78, 5) is 6.56. The lowest BCUT2D eigenvalue weighted by Gasteiger charge is -2.20. The second kappa shape index (κ2) is 5.36. The molecule has 0 spiro atoms. The third kappa shape index (κ3) is 3.09. The van der Waals surface area contributed by atoms with E-state index < -0.39 is 0 Å². The van der Waals surface area contributed by atoms with Crippen LogP contribution in [0.5, 0.6) is 11.6 Å². The Morgan fingerprint density at radius 3 is 2.76 bits per heavy atom. The molecule has 0 radical (unpaired) electrons. The quantitative estimate of drug-likeness (QED) is 0.800. The summed E-state index contributed by atoms with van der Waals surface area (Å²) in [5.41, 5.74) is 0. The maximum absolute atomic E-state index is 5.90. The van der Waals surface area contributed by atoms with Gasteiger partial charge >= 0.3 is 0 Å². The van der Waals surface area contributed by atoms with Crippen LogP contribution in [0, 0.1) is 0 Å². The molecule has 4 nitrogen and oxygen atoms in total. The van der Waals surface area contributed by atoms with Crippen LogP contribution >= 0.6 is 0 Å². The van der Waals surface area contributed by atoms with E-state index in [-0.39, 0.29) is 6.10 Å². The smallest absolute Gasteiger partial charge is 0.213 e. The van der Waals surface area contributed by atoms with Gasteiger partial charge < -0.3 is 9.47 Å². The standard InChI is InChI=1S/C13H20N2O2/c1-10(2)15-7-6-12(9-15)17-11-4-5-13(16-3)14-8-11/h4-5,8,10,12H,6-7,9H2,1-3H3. The predicted octanol–water partition coefficient (Wildman–Crippen LogP) is 1.95. The predicted molar refractivity (Wildman–Crippen MR) is 66.5 cm³/mol. The molecule has 1 aliphatic rings. The number of hydrogen-bond donors (Lipinski definition) is 0. The first kappa shape index (κ1) is 12.2. The van der Waals surface area contributed by atoms with E-state index in [1.54, 1.807) is 13.3 Å². The molecule has 17 heavy (non-hydrogen) atoms. The van der Waals surface area contributed by atoms with Crippen LogP contribution < -0.4 is 9.47 Å². The van der Waals surface area contributed by atoms with E-state index in [0.29, 0.717) is 11.9 Å². The molecule has 2 heterocycles. The molecule has 2 rings (SSSR count). The van der Waals surface area contributed by atoms with Crippen LogP contribution in [0.2, 0.25) is 0 Å². The van der Waals surface area contributed by atoms with Crippen LogP contribution in [0.25, 0.3) is 0 Å². The van der Waals surface area contributed by atoms with Gasteiger partial charge in [-0.2, -0.15) is 0 Å². The SMILES string of the molecule is COc1ccc(OC2CCN(C(C)C)C2)cn1. The second-order valence-corrected chi connectivity index (χ2v) is 4.65. The maximum atomic E-state index is 5.90. The first-order valence-electron chi connectivity index (χ1n) is 6.10. The van der Waals surface area contributed by atoms with Gasteiger partial charge in [0.2, 0.25) is 5.88 Å². The van der Waals surface area contributed by atoms with Crippen LogP contribution in [0.1, 0.15) is 20.3 Å². The second-order valence-electron chi connectivity index (χ2n) is 4.65. The number of ether oxygens (including phenoxy) is 2. The lowest BCUT2D eigenvalue weighted by Crippen LogP contribution is -2.30. The Hall–Kier alpha value is -1.29. The van der Waals surface area contributed by atoms with Crippen LogP contribution in [0.4, 0.5) is 0 Å². The van der Waals surface area contributed by atoms with Crippen molar-refractivity contribution < 1.29 is 9.47 Å². The van der Waals surface area contributed by atoms with E-state index in [2.05, 4.69) is 23.7 Å². The molecule has 1 aromatic rings. The van der Waals surface area contributed by atoms with Gasteiger partial charge in [-0.1, -0.05) is 0 Å². The molecule has 1 atom stereocenters. The van der Waals surface area contributed by atoms with E-state index in [4.69, 9.17) is 9.47 Å². The molecule has 0 aromatic carbocycles. The number of nitrogens with zero attached hydrogens (tertiary/aromatic N) is 2. The van der Waals surface area contributed by atoms with Gasteiger partial charge in [-0.3, -0.25) is 4.90 Å². The zero-order valence-corrected chi connectivity index (χ0v) is 10.7. The van der Waals surface area contributed by atoms with Crippen molar-refractivity contribution in [2.45, 2.75) is 32.4 Å². The molecule has 4 heteroatoms. The number of hydrogen-bond acceptors (Lipinski definition) is 4. The van der Waals surface area contributed by atoms with E-state index in [9.17, 15) is 0 Å². The lowest BCUT2D eigenvalue weighted by atomic mass is 10.3. The lowest BCUT2D eigenvalue weighted by molar-refractivity contribution is 0.186. The van der Waals surface area contributed by atoms with Crippen molar-refractivity contribution in [1.29, 1.82) is 0 Å². The molecule has 0 aliphatic carbocycles. The minimum absolute atomic E-state index is 0.285. The molecule has 1 fully saturated rings. The number of rotatable bonds is 4. The number of pyridine rings is 1. The average Bonchev–Trinajstić information content (AvgIpc) is 2.79. The van der Waals surface area contributed by atoms with Crippen molar-refractivity contribution in [3.8, 4) is 11.6 Å². The third-order valence-corrected chi connectivity index (χ3v) is 3.13. The molecule has 1 aliphatic heterocycles. The summed E-state index contributed by atoms with van der Waals surface area (Å²) in [5, 5.41) is 0. The average molecular weight is 236 g/mol. The summed E-state index contributed by atoms with van der Waals surface area (Å²) < 4.78 is 10.9. The van der Waals surface area contributed by atoms with Gasteiger partial charge in [0.1, 0.15) is 11.9 Å². The number of aromatic nitrogens is 1. The van der Waals surface area contributed by atoms with E-state index in [0.717, 1.165) is 25.3 Å². The summed E-state index contributed by atoms with van der Waals surface area (Å²) in [6, 6.07) is 4.33. The Bertz CT molecular complexity index is 351. The minimum atomic E-state index is 0.285. The molecule has 1 unspecified atom stereocenters. The zero-order chi connectivity index (χ0) is 12.3. The van der Waals surface area contributed by atoms with E-state index in [1.807, 2.05) is 12.1 Å². The van der Waals surface area contributed by atoms with Crippen LogP contribution in [0.15, 0.2) is 18.3 Å². The molecule has 0 bridgehead atoms. The van der Waals surface area contributed by atoms with Gasteiger partial charge in [0, 0.05) is 25.2 Å². The van der Waals surface area contributed by atoms with E-state index in [1.165, 1.54) is 0 Å². The van der Waals surface area contributed by atoms with E-state index >= 15 is 0 Å². The fourth-order valence-corrected chi connectivity index (χ4v) is 2.07. The fraction of sp³-hybridized carbons (Fsp3) is 0.615. The fourth-order valence-electron chi connectivity index (χ4n) is 2.07. The first-order valence-corrected chi connectivity index (χ1v) is 6.10. The molecule has 0 N–H and O–H groups in total. The summed E-state index contributed by atoms with van der Waals surface area (Å²) in [7, 11) is 1.61. The normalized spacial score (nSPS) is 20.8. The number of likely N-dealkylation sites (tertiary alicyclic amines) is 1. The first-order chi connectivity index (χ1) is 8.19. The van der Waals surface area contributed by atoms with Gasteiger partial charge in [0.15, 0.2) is 0 Å². The number of methoxy groups -OCH3 is 1. The largest absolute Gasteiger partial charge is 0.487 e. The van der Waals surface area contributed by atoms with Crippen molar-refractivity contribution in [1.82, 2.24) is 9.88 Å². The van der Waals surface area contributed by atoms with Gasteiger partial charge in [0.25, 0.3) is 0 Å². The van der Waals surface area contributed by atoms with Crippen LogP contribution in [-0.4, -0.2) is 42.2 Å². The molecule has 1 saturated heterocycles. The van der Waals surface area contributed by atoms with Crippen molar-refractivity contribution in [2.24, 2.45) is 0 Å². The summed E-state index contributed by atoms with van der Waals surface area (Å²) in [5.74, 6) is 1.44. The highest BCUT2D eigenvalue weighted by molar-refractivity contribution is 5.23. The molecule has 0 amide bonds. The van der Waals surface area contributed by atoms with Crippen molar-refractivity contribution in [2.75, 3.05) is 20.2 Å². The minimum Gasteiger partial charge on any atom is -0.487 e. The summed E-state index contributed by atoms with van der Waals surface area (Å²) in [6.07, 6.45) is 3.09. The van der Waals surface area contributed by atoms with Gasteiger partial charge in [0.05, 0.1) is 13.3 Å². The Morgan fingerprint density at radius 1 is 1.41 bits per heavy atom. The van der Waals surface area contributed by atoms with Crippen LogP contribution in [-0.2, 0) is 0 Å². The highest BCUT2D eigenvalue weighted by Gasteiger charge is 2.25. The molecule has 1 aromatic heterocycles. The molecular weight excluding hydrogens is 216 g/mol. The van der Waals surface area contributed by atoms with Crippen molar-refractivity contribution >= 4 is 0 Å². The third-order valence-electron chi connectivity index (χ3n) is 3.13. The molecule has 94 valence electrons. The maximum Gasteiger partial charge on any atom is 0.213 e. The Labute approximate surface area is 103 Å². The molecule has 0 saturated carbocycles. The zero-order valence-electron chi connectivity index (χ0n) is 10.7. The topological polar surface area (TPSA) is 34.6 Å². The summed E-state index contributed by atoms with van der Waals surface area (Å²) >= 11 is 0. The van der Waals surface area contributed by atoms with Gasteiger partial charge in [-0.25, -0.2) is 4.98 Å². The van der Waals surface area contributed by atoms with Crippen molar-refractivity contribution in [3.63, 3.8) is 0 Å². The van der Waals surface area contributed by atoms with Gasteiger partial charge in [-0.05, 0) is 26.3 Å². The summed E-state index contributed by atoms with van der Waals surface area (Å²) in [6.45, 7) is 6.56. The molecular formula is C13H20N2O2. The van der Waals surface area contributed by atoms with Crippen LogP contribution in [0.3, 0.4) is 0 Å². The Balaban J connectivity index is 1.89. The highest BCUT2D eigenvalue weighted by Crippen LogP contribution is 2.20. The van der Waals surface area contributed by atoms with Crippen molar-refractivity contribution in [3.05, 3.63) is 18.3 Å². The Kier molecular flexibility index (Phi) is 3.84. The monoisotopic (exact) mass is 236 g/mol. The Morgan fingerprint density at radius 2 is 2.24 bits per heavy atom. The van der Waals surface area contributed by atoms with Gasteiger partial charge in [-0.15, -0.1) is 0 Å². The highest BCUT2D eigenvalue weighted by atomic mass is 16.5.